The van der Waals surface area contributed by atoms with Crippen molar-refractivity contribution in [1.82, 2.24) is 19.5 Å². The fraction of sp³-hybridized carbons (Fsp3) is 0. The molecule has 0 N–H and O–H groups in total. The normalized spacial score (nSPS) is 11.9. The van der Waals surface area contributed by atoms with Crippen LogP contribution in [0, 0.1) is 0 Å². The zero-order valence-corrected chi connectivity index (χ0v) is 30.4. The Balaban J connectivity index is 1.07. The minimum Gasteiger partial charge on any atom is -0.456 e. The van der Waals surface area contributed by atoms with Crippen LogP contribution < -0.4 is 0 Å². The lowest BCUT2D eigenvalue weighted by Gasteiger charge is -2.11. The van der Waals surface area contributed by atoms with E-state index in [0.717, 1.165) is 93.6 Å². The Morgan fingerprint density at radius 2 is 0.965 bits per heavy atom. The van der Waals surface area contributed by atoms with Gasteiger partial charge in [0.1, 0.15) is 22.3 Å². The van der Waals surface area contributed by atoms with Crippen molar-refractivity contribution < 1.29 is 8.83 Å². The van der Waals surface area contributed by atoms with Gasteiger partial charge in [0.15, 0.2) is 17.5 Å². The average Bonchev–Trinajstić information content (AvgIpc) is 3.96. The molecule has 0 aliphatic carbocycles. The maximum absolute atomic E-state index is 6.48. The van der Waals surface area contributed by atoms with Crippen LogP contribution in [0.3, 0.4) is 0 Å². The fourth-order valence-electron chi connectivity index (χ4n) is 8.44. The van der Waals surface area contributed by atoms with Crippen LogP contribution >= 0.6 is 0 Å². The lowest BCUT2D eigenvalue weighted by molar-refractivity contribution is 0.668. The minimum absolute atomic E-state index is 0.555. The molecule has 0 fully saturated rings. The van der Waals surface area contributed by atoms with Crippen molar-refractivity contribution >= 4 is 65.7 Å². The summed E-state index contributed by atoms with van der Waals surface area (Å²) in [5.41, 5.74) is 11.5. The number of para-hydroxylation sites is 3. The molecule has 12 aromatic rings. The highest BCUT2D eigenvalue weighted by Gasteiger charge is 2.21. The fourth-order valence-corrected chi connectivity index (χ4v) is 8.44. The molecule has 0 bridgehead atoms. The summed E-state index contributed by atoms with van der Waals surface area (Å²) in [6.45, 7) is 0. The summed E-state index contributed by atoms with van der Waals surface area (Å²) in [5.74, 6) is 1.74. The van der Waals surface area contributed by atoms with E-state index in [0.29, 0.717) is 17.5 Å². The van der Waals surface area contributed by atoms with E-state index in [1.807, 2.05) is 66.7 Å². The van der Waals surface area contributed by atoms with Gasteiger partial charge in [-0.3, -0.25) is 0 Å². The molecule has 8 aromatic carbocycles. The second kappa shape index (κ2) is 12.3. The molecule has 0 saturated heterocycles. The molecule has 0 amide bonds. The summed E-state index contributed by atoms with van der Waals surface area (Å²) in [5, 5.41) is 6.47. The van der Waals surface area contributed by atoms with Crippen LogP contribution in [0.2, 0.25) is 0 Å². The molecule has 0 spiro atoms. The quantitative estimate of drug-likeness (QED) is 0.176. The Labute approximate surface area is 325 Å². The third-order valence-corrected chi connectivity index (χ3v) is 11.1. The van der Waals surface area contributed by atoms with Crippen molar-refractivity contribution in [3.8, 4) is 51.0 Å². The smallest absolute Gasteiger partial charge is 0.167 e. The minimum atomic E-state index is 0.555. The Hall–Kier alpha value is -7.83. The van der Waals surface area contributed by atoms with Crippen LogP contribution in [-0.4, -0.2) is 19.5 Å². The summed E-state index contributed by atoms with van der Waals surface area (Å²) in [7, 11) is 0. The van der Waals surface area contributed by atoms with Crippen molar-refractivity contribution in [3.63, 3.8) is 0 Å². The molecule has 0 aliphatic heterocycles. The van der Waals surface area contributed by atoms with Gasteiger partial charge < -0.3 is 13.4 Å². The number of hydrogen-bond acceptors (Lipinski definition) is 5. The van der Waals surface area contributed by atoms with Crippen molar-refractivity contribution in [1.29, 1.82) is 0 Å². The number of benzene rings is 8. The molecular weight excluding hydrogens is 701 g/mol. The van der Waals surface area contributed by atoms with E-state index < -0.39 is 0 Å². The predicted molar refractivity (Wildman–Crippen MR) is 230 cm³/mol. The number of hydrogen-bond donors (Lipinski definition) is 0. The van der Waals surface area contributed by atoms with Crippen LogP contribution in [0.1, 0.15) is 0 Å². The van der Waals surface area contributed by atoms with Gasteiger partial charge in [-0.15, -0.1) is 0 Å². The summed E-state index contributed by atoms with van der Waals surface area (Å²) in [4.78, 5) is 15.3. The third-order valence-electron chi connectivity index (χ3n) is 11.1. The van der Waals surface area contributed by atoms with Gasteiger partial charge in [0, 0.05) is 38.1 Å². The topological polar surface area (TPSA) is 69.9 Å². The summed E-state index contributed by atoms with van der Waals surface area (Å²) >= 11 is 0. The largest absolute Gasteiger partial charge is 0.456 e. The molecule has 6 heteroatoms. The van der Waals surface area contributed by atoms with Crippen LogP contribution in [0.25, 0.3) is 117 Å². The SMILES string of the molecule is c1ccc(-c2ccc3oc4cccc(-n5c6ccccc6c6cc(-c7nc(-c8ccccc8)nc(-c8cccc9c8oc8ccccc89)n7)ccc65)c4c3c2)cc1. The first-order valence-electron chi connectivity index (χ1n) is 19.0. The van der Waals surface area contributed by atoms with Gasteiger partial charge in [-0.1, -0.05) is 121 Å². The molecule has 4 heterocycles. The molecule has 12 rings (SSSR count). The van der Waals surface area contributed by atoms with Crippen molar-refractivity contribution in [3.05, 3.63) is 182 Å². The number of nitrogens with zero attached hydrogens (tertiary/aromatic N) is 4. The molecule has 0 aliphatic rings. The van der Waals surface area contributed by atoms with Gasteiger partial charge in [0.2, 0.25) is 0 Å². The number of furan rings is 2. The molecule has 0 radical (unpaired) electrons. The van der Waals surface area contributed by atoms with Gasteiger partial charge in [0.25, 0.3) is 0 Å². The van der Waals surface area contributed by atoms with E-state index in [2.05, 4.69) is 120 Å². The van der Waals surface area contributed by atoms with Crippen molar-refractivity contribution in [2.45, 2.75) is 0 Å². The van der Waals surface area contributed by atoms with Gasteiger partial charge in [-0.25, -0.2) is 15.0 Å². The second-order valence-electron chi connectivity index (χ2n) is 14.4. The second-order valence-corrected chi connectivity index (χ2v) is 14.4. The third kappa shape index (κ3) is 4.94. The van der Waals surface area contributed by atoms with E-state index in [4.69, 9.17) is 23.8 Å². The maximum Gasteiger partial charge on any atom is 0.167 e. The van der Waals surface area contributed by atoms with Crippen molar-refractivity contribution in [2.75, 3.05) is 0 Å². The van der Waals surface area contributed by atoms with Crippen LogP contribution in [0.15, 0.2) is 191 Å². The van der Waals surface area contributed by atoms with Crippen LogP contribution in [-0.2, 0) is 0 Å². The number of fused-ring (bicyclic) bond motifs is 9. The van der Waals surface area contributed by atoms with E-state index >= 15 is 0 Å². The van der Waals surface area contributed by atoms with E-state index in [1.165, 1.54) is 5.56 Å². The molecule has 4 aromatic heterocycles. The molecule has 57 heavy (non-hydrogen) atoms. The van der Waals surface area contributed by atoms with Gasteiger partial charge in [0.05, 0.1) is 27.7 Å². The first-order valence-corrected chi connectivity index (χ1v) is 19.0. The lowest BCUT2D eigenvalue weighted by Crippen LogP contribution is -2.00. The average molecular weight is 731 g/mol. The highest BCUT2D eigenvalue weighted by molar-refractivity contribution is 6.15. The first-order chi connectivity index (χ1) is 28.2. The molecule has 0 saturated carbocycles. The number of rotatable bonds is 5. The monoisotopic (exact) mass is 730 g/mol. The van der Waals surface area contributed by atoms with Gasteiger partial charge >= 0.3 is 0 Å². The molecule has 266 valence electrons. The molecule has 0 atom stereocenters. The molecule has 6 nitrogen and oxygen atoms in total. The lowest BCUT2D eigenvalue weighted by atomic mass is 10.0. The highest BCUT2D eigenvalue weighted by Crippen LogP contribution is 2.41. The maximum atomic E-state index is 6.48. The zero-order valence-electron chi connectivity index (χ0n) is 30.4. The van der Waals surface area contributed by atoms with Crippen molar-refractivity contribution in [2.24, 2.45) is 0 Å². The van der Waals surface area contributed by atoms with E-state index in [9.17, 15) is 0 Å². The van der Waals surface area contributed by atoms with E-state index in [1.54, 1.807) is 0 Å². The van der Waals surface area contributed by atoms with E-state index in [-0.39, 0.29) is 0 Å². The zero-order chi connectivity index (χ0) is 37.5. The molecular formula is C51H30N4O2. The van der Waals surface area contributed by atoms with Crippen LogP contribution in [0.4, 0.5) is 0 Å². The number of aromatic nitrogens is 4. The Morgan fingerprint density at radius 3 is 1.82 bits per heavy atom. The Bertz CT molecular complexity index is 3530. The standard InChI is InChI=1S/C51H30N4O2/c1-3-13-31(14-4-1)33-26-28-45-40(29-33)47-43(22-12-24-46(47)56-45)55-41-21-9-7-17-35(41)39-30-34(25-27-42(39)55)50-52-49(32-15-5-2-6-16-32)53-51(54-50)38-20-11-19-37-36-18-8-10-23-44(36)57-48(37)38/h1-30H. The summed E-state index contributed by atoms with van der Waals surface area (Å²) in [6.07, 6.45) is 0. The van der Waals surface area contributed by atoms with Gasteiger partial charge in [-0.05, 0) is 71.8 Å². The van der Waals surface area contributed by atoms with Crippen LogP contribution in [0.5, 0.6) is 0 Å². The molecule has 0 unspecified atom stereocenters. The Morgan fingerprint density at radius 1 is 0.351 bits per heavy atom. The highest BCUT2D eigenvalue weighted by atomic mass is 16.3. The van der Waals surface area contributed by atoms with Gasteiger partial charge in [-0.2, -0.15) is 0 Å². The predicted octanol–water partition coefficient (Wildman–Crippen LogP) is 13.4. The summed E-state index contributed by atoms with van der Waals surface area (Å²) in [6, 6.07) is 62.7. The Kier molecular flexibility index (Phi) is 6.83. The summed E-state index contributed by atoms with van der Waals surface area (Å²) < 4.78 is 15.3. The first kappa shape index (κ1) is 31.5.